The summed E-state index contributed by atoms with van der Waals surface area (Å²) in [6.45, 7) is 0. The second-order valence-corrected chi connectivity index (χ2v) is 7.53. The number of sulfonamides is 1. The first kappa shape index (κ1) is 18.5. The Morgan fingerprint density at radius 2 is 1.63 bits per heavy atom. The van der Waals surface area contributed by atoms with E-state index in [0.29, 0.717) is 5.56 Å². The van der Waals surface area contributed by atoms with Gasteiger partial charge in [0.25, 0.3) is 0 Å². The van der Waals surface area contributed by atoms with Gasteiger partial charge in [0.05, 0.1) is 15.9 Å². The van der Waals surface area contributed by atoms with Crippen molar-refractivity contribution in [3.05, 3.63) is 74.8 Å². The molecule has 0 radical (unpaired) electrons. The Morgan fingerprint density at radius 3 is 2.26 bits per heavy atom. The van der Waals surface area contributed by atoms with E-state index in [9.17, 15) is 27.9 Å². The van der Waals surface area contributed by atoms with E-state index in [1.807, 2.05) is 0 Å². The third kappa shape index (κ3) is 4.13. The fourth-order valence-electron chi connectivity index (χ4n) is 2.55. The molecule has 0 amide bonds. The Morgan fingerprint density at radius 1 is 1.00 bits per heavy atom. The van der Waals surface area contributed by atoms with Crippen molar-refractivity contribution in [2.24, 2.45) is 0 Å². The fourth-order valence-corrected chi connectivity index (χ4v) is 3.76. The lowest BCUT2D eigenvalue weighted by Crippen LogP contribution is -2.42. The normalized spacial score (nSPS) is 12.7. The van der Waals surface area contributed by atoms with E-state index in [2.05, 4.69) is 14.7 Å². The van der Waals surface area contributed by atoms with Gasteiger partial charge < -0.3 is 15.1 Å². The molecule has 0 aliphatic heterocycles. The van der Waals surface area contributed by atoms with Gasteiger partial charge in [0.15, 0.2) is 0 Å². The molecule has 0 bridgehead atoms. The maximum atomic E-state index is 12.6. The highest BCUT2D eigenvalue weighted by Crippen LogP contribution is 2.15. The van der Waals surface area contributed by atoms with Crippen LogP contribution < -0.4 is 15.8 Å². The summed E-state index contributed by atoms with van der Waals surface area (Å²) in [6, 6.07) is 10.9. The van der Waals surface area contributed by atoms with Crippen molar-refractivity contribution in [3.8, 4) is 0 Å². The standard InChI is InChI=1S/C17H15N3O6S/c21-15-16(22)19-13-9-11(6-7-12(13)18-15)27(25,26)20-14(17(23)24)8-10-4-2-1-3-5-10/h1-7,9,14,20H,8H2,(H,18,21)(H,19,22)(H,23,24)/t14-/m0/s1. The first-order valence-electron chi connectivity index (χ1n) is 7.82. The van der Waals surface area contributed by atoms with Gasteiger partial charge in [-0.3, -0.25) is 14.4 Å². The molecule has 1 aromatic heterocycles. The molecule has 3 aromatic rings. The van der Waals surface area contributed by atoms with E-state index >= 15 is 0 Å². The van der Waals surface area contributed by atoms with Gasteiger partial charge in [0, 0.05) is 0 Å². The van der Waals surface area contributed by atoms with Crippen LogP contribution in [0.2, 0.25) is 0 Å². The van der Waals surface area contributed by atoms with Crippen molar-refractivity contribution in [1.82, 2.24) is 14.7 Å². The summed E-state index contributed by atoms with van der Waals surface area (Å²) in [4.78, 5) is 38.6. The minimum atomic E-state index is -4.18. The summed E-state index contributed by atoms with van der Waals surface area (Å²) >= 11 is 0. The van der Waals surface area contributed by atoms with E-state index in [4.69, 9.17) is 0 Å². The lowest BCUT2D eigenvalue weighted by molar-refractivity contribution is -0.138. The van der Waals surface area contributed by atoms with E-state index in [1.165, 1.54) is 12.1 Å². The summed E-state index contributed by atoms with van der Waals surface area (Å²) in [5.74, 6) is -1.32. The van der Waals surface area contributed by atoms with Crippen LogP contribution in [0.3, 0.4) is 0 Å². The molecular weight excluding hydrogens is 374 g/mol. The van der Waals surface area contributed by atoms with Crippen molar-refractivity contribution in [3.63, 3.8) is 0 Å². The van der Waals surface area contributed by atoms with Gasteiger partial charge in [-0.05, 0) is 30.2 Å². The van der Waals surface area contributed by atoms with Crippen molar-refractivity contribution in [1.29, 1.82) is 0 Å². The number of nitrogens with one attached hydrogen (secondary N) is 3. The van der Waals surface area contributed by atoms with Gasteiger partial charge in [-0.1, -0.05) is 30.3 Å². The molecule has 0 spiro atoms. The second-order valence-electron chi connectivity index (χ2n) is 5.82. The smallest absolute Gasteiger partial charge is 0.322 e. The Bertz CT molecular complexity index is 1210. The van der Waals surface area contributed by atoms with Gasteiger partial charge in [0.1, 0.15) is 6.04 Å². The van der Waals surface area contributed by atoms with Crippen molar-refractivity contribution >= 4 is 27.0 Å². The molecule has 1 heterocycles. The molecule has 3 rings (SSSR count). The van der Waals surface area contributed by atoms with E-state index in [0.717, 1.165) is 6.07 Å². The minimum absolute atomic E-state index is 0.0346. The Balaban J connectivity index is 1.93. The summed E-state index contributed by atoms with van der Waals surface area (Å²) in [6.07, 6.45) is -0.0346. The van der Waals surface area contributed by atoms with Crippen LogP contribution in [0.5, 0.6) is 0 Å². The zero-order chi connectivity index (χ0) is 19.6. The summed E-state index contributed by atoms with van der Waals surface area (Å²) in [7, 11) is -4.18. The monoisotopic (exact) mass is 389 g/mol. The molecule has 27 heavy (non-hydrogen) atoms. The van der Waals surface area contributed by atoms with Gasteiger partial charge in [0.2, 0.25) is 10.0 Å². The van der Waals surface area contributed by atoms with E-state index in [1.54, 1.807) is 30.3 Å². The Labute approximate surface area is 152 Å². The quantitative estimate of drug-likeness (QED) is 0.442. The van der Waals surface area contributed by atoms with Crippen LogP contribution in [0.4, 0.5) is 0 Å². The largest absolute Gasteiger partial charge is 0.480 e. The number of carboxylic acid groups (broad SMARTS) is 1. The number of H-pyrrole nitrogens is 2. The number of aliphatic carboxylic acids is 1. The number of rotatable bonds is 6. The highest BCUT2D eigenvalue weighted by molar-refractivity contribution is 7.89. The van der Waals surface area contributed by atoms with Crippen LogP contribution in [-0.4, -0.2) is 35.5 Å². The fraction of sp³-hybridized carbons (Fsp3) is 0.118. The van der Waals surface area contributed by atoms with Crippen LogP contribution in [0, 0.1) is 0 Å². The van der Waals surface area contributed by atoms with Crippen molar-refractivity contribution in [2.45, 2.75) is 17.4 Å². The second kappa shape index (κ2) is 7.17. The lowest BCUT2D eigenvalue weighted by atomic mass is 10.1. The average molecular weight is 389 g/mol. The van der Waals surface area contributed by atoms with Gasteiger partial charge in [-0.15, -0.1) is 0 Å². The highest BCUT2D eigenvalue weighted by atomic mass is 32.2. The predicted octanol–water partition coefficient (Wildman–Crippen LogP) is 0.191. The SMILES string of the molecule is O=C(O)[C@H](Cc1ccccc1)NS(=O)(=O)c1ccc2[nH]c(=O)c(=O)[nH]c2c1. The summed E-state index contributed by atoms with van der Waals surface area (Å²) in [5, 5.41) is 9.37. The maximum Gasteiger partial charge on any atom is 0.322 e. The third-order valence-corrected chi connectivity index (χ3v) is 5.35. The van der Waals surface area contributed by atoms with Gasteiger partial charge >= 0.3 is 17.1 Å². The molecule has 0 saturated heterocycles. The molecule has 10 heteroatoms. The van der Waals surface area contributed by atoms with Crippen LogP contribution in [0.25, 0.3) is 11.0 Å². The van der Waals surface area contributed by atoms with Crippen LogP contribution >= 0.6 is 0 Å². The first-order chi connectivity index (χ1) is 12.8. The van der Waals surface area contributed by atoms with E-state index in [-0.39, 0.29) is 22.3 Å². The molecule has 1 atom stereocenters. The molecule has 0 fully saturated rings. The Kier molecular flexibility index (Phi) is 4.93. The molecule has 0 saturated carbocycles. The molecular formula is C17H15N3O6S. The molecule has 9 nitrogen and oxygen atoms in total. The molecule has 140 valence electrons. The van der Waals surface area contributed by atoms with Crippen molar-refractivity contribution < 1.29 is 18.3 Å². The third-order valence-electron chi connectivity index (χ3n) is 3.88. The zero-order valence-electron chi connectivity index (χ0n) is 13.8. The number of benzene rings is 2. The molecule has 2 aromatic carbocycles. The number of hydrogen-bond acceptors (Lipinski definition) is 5. The van der Waals surface area contributed by atoms with Crippen LogP contribution in [0.1, 0.15) is 5.56 Å². The van der Waals surface area contributed by atoms with Gasteiger partial charge in [-0.2, -0.15) is 4.72 Å². The highest BCUT2D eigenvalue weighted by Gasteiger charge is 2.26. The maximum absolute atomic E-state index is 12.6. The average Bonchev–Trinajstić information content (AvgIpc) is 2.62. The van der Waals surface area contributed by atoms with Crippen LogP contribution in [-0.2, 0) is 21.2 Å². The minimum Gasteiger partial charge on any atom is -0.480 e. The molecule has 0 unspecified atom stereocenters. The number of carbonyl (C=O) groups is 1. The number of carboxylic acids is 1. The number of fused-ring (bicyclic) bond motifs is 1. The van der Waals surface area contributed by atoms with Gasteiger partial charge in [-0.25, -0.2) is 8.42 Å². The molecule has 0 aliphatic carbocycles. The lowest BCUT2D eigenvalue weighted by Gasteiger charge is -2.15. The van der Waals surface area contributed by atoms with Crippen molar-refractivity contribution in [2.75, 3.05) is 0 Å². The molecule has 0 aliphatic rings. The Hall–Kier alpha value is -3.24. The number of aromatic nitrogens is 2. The van der Waals surface area contributed by atoms with Crippen LogP contribution in [0.15, 0.2) is 63.0 Å². The van der Waals surface area contributed by atoms with E-state index < -0.39 is 33.2 Å². The number of aromatic amines is 2. The zero-order valence-corrected chi connectivity index (χ0v) is 14.6. The molecule has 4 N–H and O–H groups in total. The predicted molar refractivity (Wildman–Crippen MR) is 97.1 cm³/mol. The topological polar surface area (TPSA) is 149 Å². The summed E-state index contributed by atoms with van der Waals surface area (Å²) < 4.78 is 27.3. The number of hydrogen-bond donors (Lipinski definition) is 4. The first-order valence-corrected chi connectivity index (χ1v) is 9.30. The summed E-state index contributed by atoms with van der Waals surface area (Å²) in [5.41, 5.74) is -0.759.